The van der Waals surface area contributed by atoms with Gasteiger partial charge < -0.3 is 14.2 Å². The third kappa shape index (κ3) is 1.34. The lowest BCUT2D eigenvalue weighted by atomic mass is 10.1. The molecule has 0 bridgehead atoms. The molecule has 0 radical (unpaired) electrons. The molecule has 2 rings (SSSR count). The summed E-state index contributed by atoms with van der Waals surface area (Å²) in [6.07, 6.45) is 0.714. The fraction of sp³-hybridized carbons (Fsp3) is 0.556. The van der Waals surface area contributed by atoms with Gasteiger partial charge in [-0.1, -0.05) is 0 Å². The zero-order valence-corrected chi connectivity index (χ0v) is 8.24. The van der Waals surface area contributed by atoms with Crippen molar-refractivity contribution in [3.8, 4) is 5.88 Å². The molecule has 1 amide bonds. The van der Waals surface area contributed by atoms with Gasteiger partial charge in [0.05, 0.1) is 19.2 Å². The molecule has 5 nitrogen and oxygen atoms in total. The van der Waals surface area contributed by atoms with Gasteiger partial charge in [0, 0.05) is 19.9 Å². The minimum Gasteiger partial charge on any atom is -0.479 e. The maximum Gasteiger partial charge on any atom is 0.259 e. The summed E-state index contributed by atoms with van der Waals surface area (Å²) < 4.78 is 10.1. The molecule has 0 atom stereocenters. The maximum absolute atomic E-state index is 11.2. The molecule has 0 spiro atoms. The zero-order valence-electron chi connectivity index (χ0n) is 8.24. The van der Waals surface area contributed by atoms with Gasteiger partial charge in [0.1, 0.15) is 5.76 Å². The van der Waals surface area contributed by atoms with Crippen molar-refractivity contribution in [3.63, 3.8) is 0 Å². The largest absolute Gasteiger partial charge is 0.479 e. The Kier molecular flexibility index (Phi) is 2.15. The third-order valence-electron chi connectivity index (χ3n) is 2.43. The van der Waals surface area contributed by atoms with Crippen LogP contribution in [0.1, 0.15) is 18.2 Å². The van der Waals surface area contributed by atoms with Gasteiger partial charge in [-0.15, -0.1) is 0 Å². The van der Waals surface area contributed by atoms with Crippen LogP contribution >= 0.6 is 0 Å². The quantitative estimate of drug-likeness (QED) is 0.659. The topological polar surface area (TPSA) is 55.6 Å². The predicted octanol–water partition coefficient (Wildman–Crippen LogP) is 0.588. The van der Waals surface area contributed by atoms with E-state index in [1.54, 1.807) is 18.9 Å². The van der Waals surface area contributed by atoms with Crippen molar-refractivity contribution in [2.45, 2.75) is 19.9 Å². The smallest absolute Gasteiger partial charge is 0.259 e. The zero-order chi connectivity index (χ0) is 10.1. The second-order valence-electron chi connectivity index (χ2n) is 3.28. The molecule has 0 fully saturated rings. The third-order valence-corrected chi connectivity index (χ3v) is 2.43. The molecule has 2 heterocycles. The van der Waals surface area contributed by atoms with E-state index in [-0.39, 0.29) is 5.91 Å². The number of amides is 1. The molecule has 0 N–H and O–H groups in total. The molecule has 1 aromatic heterocycles. The Morgan fingerprint density at radius 3 is 3.07 bits per heavy atom. The van der Waals surface area contributed by atoms with E-state index in [1.807, 2.05) is 0 Å². The first kappa shape index (κ1) is 9.05. The normalized spacial score (nSPS) is 15.1. The average molecular weight is 196 g/mol. The van der Waals surface area contributed by atoms with Crippen LogP contribution in [-0.4, -0.2) is 29.6 Å². The van der Waals surface area contributed by atoms with Crippen LogP contribution in [-0.2, 0) is 17.8 Å². The van der Waals surface area contributed by atoms with Crippen molar-refractivity contribution in [1.82, 2.24) is 10.1 Å². The Balaban J connectivity index is 2.27. The minimum atomic E-state index is 0.0684. The fourth-order valence-corrected chi connectivity index (χ4v) is 1.61. The van der Waals surface area contributed by atoms with Crippen LogP contribution in [0.25, 0.3) is 0 Å². The van der Waals surface area contributed by atoms with Gasteiger partial charge in [-0.05, 0) is 5.16 Å². The molecular formula is C9H12N2O3. The van der Waals surface area contributed by atoms with Crippen LogP contribution in [0.15, 0.2) is 4.52 Å². The van der Waals surface area contributed by atoms with E-state index < -0.39 is 0 Å². The lowest BCUT2D eigenvalue weighted by Crippen LogP contribution is -2.33. The lowest BCUT2D eigenvalue weighted by molar-refractivity contribution is -0.129. The maximum atomic E-state index is 11.2. The first-order valence-electron chi connectivity index (χ1n) is 4.49. The molecule has 14 heavy (non-hydrogen) atoms. The monoisotopic (exact) mass is 196 g/mol. The SMILES string of the molecule is COc1noc2c1CN(C(C)=O)CC2. The van der Waals surface area contributed by atoms with E-state index in [1.165, 1.54) is 0 Å². The van der Waals surface area contributed by atoms with Crippen molar-refractivity contribution >= 4 is 5.91 Å². The van der Waals surface area contributed by atoms with Crippen LogP contribution in [0.2, 0.25) is 0 Å². The van der Waals surface area contributed by atoms with Gasteiger partial charge >= 0.3 is 0 Å². The number of carbonyl (C=O) groups is 1. The standard InChI is InChI=1S/C9H12N2O3/c1-6(12)11-4-3-8-7(5-11)9(13-2)10-14-8/h3-5H2,1-2H3. The second kappa shape index (κ2) is 3.32. The van der Waals surface area contributed by atoms with E-state index in [4.69, 9.17) is 9.26 Å². The van der Waals surface area contributed by atoms with Gasteiger partial charge in [-0.2, -0.15) is 0 Å². The number of methoxy groups -OCH3 is 1. The van der Waals surface area contributed by atoms with Crippen molar-refractivity contribution < 1.29 is 14.1 Å². The van der Waals surface area contributed by atoms with Crippen molar-refractivity contribution in [3.05, 3.63) is 11.3 Å². The van der Waals surface area contributed by atoms with Gasteiger partial charge in [-0.25, -0.2) is 0 Å². The molecule has 1 aromatic rings. The highest BCUT2D eigenvalue weighted by Gasteiger charge is 2.25. The minimum absolute atomic E-state index is 0.0684. The van der Waals surface area contributed by atoms with Crippen LogP contribution in [0.4, 0.5) is 0 Å². The van der Waals surface area contributed by atoms with Crippen LogP contribution in [0.5, 0.6) is 5.88 Å². The summed E-state index contributed by atoms with van der Waals surface area (Å²) in [5.74, 6) is 1.39. The highest BCUT2D eigenvalue weighted by atomic mass is 16.5. The van der Waals surface area contributed by atoms with Crippen LogP contribution < -0.4 is 4.74 Å². The summed E-state index contributed by atoms with van der Waals surface area (Å²) in [5.41, 5.74) is 0.897. The Hall–Kier alpha value is -1.52. The molecule has 1 aliphatic heterocycles. The highest BCUT2D eigenvalue weighted by Crippen LogP contribution is 2.27. The van der Waals surface area contributed by atoms with Gasteiger partial charge in [-0.3, -0.25) is 4.79 Å². The van der Waals surface area contributed by atoms with Crippen molar-refractivity contribution in [1.29, 1.82) is 0 Å². The summed E-state index contributed by atoms with van der Waals surface area (Å²) >= 11 is 0. The van der Waals surface area contributed by atoms with Crippen LogP contribution in [0, 0.1) is 0 Å². The van der Waals surface area contributed by atoms with E-state index in [9.17, 15) is 4.79 Å². The summed E-state index contributed by atoms with van der Waals surface area (Å²) in [7, 11) is 1.55. The summed E-state index contributed by atoms with van der Waals surface area (Å²) in [6, 6.07) is 0. The summed E-state index contributed by atoms with van der Waals surface area (Å²) in [6.45, 7) is 2.79. The molecule has 0 saturated heterocycles. The predicted molar refractivity (Wildman–Crippen MR) is 47.9 cm³/mol. The number of aromatic nitrogens is 1. The van der Waals surface area contributed by atoms with E-state index in [0.717, 1.165) is 11.3 Å². The molecule has 0 saturated carbocycles. The Morgan fingerprint density at radius 1 is 1.64 bits per heavy atom. The first-order chi connectivity index (χ1) is 6.72. The van der Waals surface area contributed by atoms with E-state index in [2.05, 4.69) is 5.16 Å². The number of nitrogens with zero attached hydrogens (tertiary/aromatic N) is 2. The van der Waals surface area contributed by atoms with E-state index >= 15 is 0 Å². The Labute approximate surface area is 81.6 Å². The summed E-state index contributed by atoms with van der Waals surface area (Å²) in [5, 5.41) is 3.77. The van der Waals surface area contributed by atoms with Crippen molar-refractivity contribution in [2.75, 3.05) is 13.7 Å². The molecule has 0 unspecified atom stereocenters. The lowest BCUT2D eigenvalue weighted by Gasteiger charge is -2.24. The number of fused-ring (bicyclic) bond motifs is 1. The molecule has 5 heteroatoms. The number of hydrogen-bond donors (Lipinski definition) is 0. The second-order valence-corrected chi connectivity index (χ2v) is 3.28. The Morgan fingerprint density at radius 2 is 2.43 bits per heavy atom. The molecule has 76 valence electrons. The van der Waals surface area contributed by atoms with Crippen LogP contribution in [0.3, 0.4) is 0 Å². The number of rotatable bonds is 1. The number of hydrogen-bond acceptors (Lipinski definition) is 4. The van der Waals surface area contributed by atoms with Gasteiger partial charge in [0.2, 0.25) is 5.91 Å². The summed E-state index contributed by atoms with van der Waals surface area (Å²) in [4.78, 5) is 12.9. The highest BCUT2D eigenvalue weighted by molar-refractivity contribution is 5.73. The number of carbonyl (C=O) groups excluding carboxylic acids is 1. The molecule has 1 aliphatic rings. The molecular weight excluding hydrogens is 184 g/mol. The molecule has 0 aromatic carbocycles. The number of ether oxygens (including phenoxy) is 1. The molecule has 0 aliphatic carbocycles. The van der Waals surface area contributed by atoms with E-state index in [0.29, 0.717) is 25.4 Å². The van der Waals surface area contributed by atoms with Gasteiger partial charge in [0.15, 0.2) is 0 Å². The Bertz CT molecular complexity index is 345. The van der Waals surface area contributed by atoms with Gasteiger partial charge in [0.25, 0.3) is 5.88 Å². The average Bonchev–Trinajstić information content (AvgIpc) is 2.59. The first-order valence-corrected chi connectivity index (χ1v) is 4.49. The fourth-order valence-electron chi connectivity index (χ4n) is 1.61. The van der Waals surface area contributed by atoms with Crippen molar-refractivity contribution in [2.24, 2.45) is 0 Å².